The van der Waals surface area contributed by atoms with Crippen LogP contribution in [0.2, 0.25) is 0 Å². The second-order valence-electron chi connectivity index (χ2n) is 8.47. The maximum Gasteiger partial charge on any atom is 0.253 e. The summed E-state index contributed by atoms with van der Waals surface area (Å²) in [6.07, 6.45) is 3.50. The minimum Gasteiger partial charge on any atom is -0.338 e. The molecule has 1 aliphatic rings. The highest BCUT2D eigenvalue weighted by Crippen LogP contribution is 2.31. The van der Waals surface area contributed by atoms with E-state index in [1.165, 1.54) is 23.6 Å². The normalized spacial score (nSPS) is 13.5. The Hall–Kier alpha value is -3.40. The van der Waals surface area contributed by atoms with E-state index in [1.807, 2.05) is 29.2 Å². The van der Waals surface area contributed by atoms with Gasteiger partial charge in [0.25, 0.3) is 5.91 Å². The minimum absolute atomic E-state index is 0.138. The molecule has 1 amide bonds. The summed E-state index contributed by atoms with van der Waals surface area (Å²) in [5, 5.41) is 10.1. The quantitative estimate of drug-likeness (QED) is 0.397. The molecule has 1 heterocycles. The van der Waals surface area contributed by atoms with Crippen LogP contribution in [0.5, 0.6) is 0 Å². The number of H-pyrrole nitrogens is 1. The van der Waals surface area contributed by atoms with Crippen LogP contribution in [0.4, 0.5) is 0 Å². The third-order valence-electron chi connectivity index (χ3n) is 6.04. The summed E-state index contributed by atoms with van der Waals surface area (Å²) in [5.74, 6) is 0.838. The van der Waals surface area contributed by atoms with Crippen LogP contribution in [0.25, 0.3) is 33.3 Å². The number of hydrogen-bond acceptors (Lipinski definition) is 2. The van der Waals surface area contributed by atoms with Crippen LogP contribution >= 0.6 is 0 Å². The molecular weight excluding hydrogens is 382 g/mol. The number of nitrogens with one attached hydrogen (secondary N) is 1. The molecule has 156 valence electrons. The Balaban J connectivity index is 1.38. The monoisotopic (exact) mass is 409 g/mol. The van der Waals surface area contributed by atoms with Crippen LogP contribution in [0.15, 0.2) is 72.8 Å². The lowest BCUT2D eigenvalue weighted by Gasteiger charge is -2.22. The molecule has 1 saturated carbocycles. The maximum absolute atomic E-state index is 13.0. The van der Waals surface area contributed by atoms with Crippen molar-refractivity contribution in [2.24, 2.45) is 5.92 Å². The second-order valence-corrected chi connectivity index (χ2v) is 8.47. The molecule has 0 spiro atoms. The van der Waals surface area contributed by atoms with Crippen molar-refractivity contribution >= 4 is 16.7 Å². The lowest BCUT2D eigenvalue weighted by Crippen LogP contribution is -2.33. The molecule has 1 N–H and O–H groups in total. The van der Waals surface area contributed by atoms with Gasteiger partial charge in [-0.05, 0) is 54.2 Å². The van der Waals surface area contributed by atoms with E-state index in [4.69, 9.17) is 0 Å². The molecule has 4 aromatic rings. The molecule has 0 bridgehead atoms. The predicted molar refractivity (Wildman–Crippen MR) is 126 cm³/mol. The largest absolute Gasteiger partial charge is 0.338 e. The average molecular weight is 410 g/mol. The fraction of sp³-hybridized carbons (Fsp3) is 0.259. The van der Waals surface area contributed by atoms with Crippen LogP contribution < -0.4 is 0 Å². The maximum atomic E-state index is 13.0. The van der Waals surface area contributed by atoms with Gasteiger partial charge < -0.3 is 4.90 Å². The van der Waals surface area contributed by atoms with E-state index in [-0.39, 0.29) is 5.91 Å². The van der Waals surface area contributed by atoms with Crippen LogP contribution in [-0.4, -0.2) is 34.1 Å². The fourth-order valence-corrected chi connectivity index (χ4v) is 4.19. The number of fused-ring (bicyclic) bond motifs is 1. The Morgan fingerprint density at radius 3 is 2.58 bits per heavy atom. The molecular formula is C27H27N3O. The SMILES string of the molecule is CCCN(CC1CC1)C(=O)c1ccc(-c2cc(-c3cccc4ccccc34)[nH]n2)cc1. The van der Waals surface area contributed by atoms with E-state index in [0.717, 1.165) is 47.6 Å². The summed E-state index contributed by atoms with van der Waals surface area (Å²) in [5.41, 5.74) is 4.76. The Bertz CT molecular complexity index is 1200. The smallest absolute Gasteiger partial charge is 0.253 e. The van der Waals surface area contributed by atoms with Gasteiger partial charge in [0, 0.05) is 29.8 Å². The van der Waals surface area contributed by atoms with Crippen LogP contribution in [0.1, 0.15) is 36.5 Å². The molecule has 1 fully saturated rings. The molecule has 0 radical (unpaired) electrons. The van der Waals surface area contributed by atoms with Gasteiger partial charge in [0.1, 0.15) is 0 Å². The second kappa shape index (κ2) is 8.38. The molecule has 1 aromatic heterocycles. The zero-order valence-corrected chi connectivity index (χ0v) is 17.8. The van der Waals surface area contributed by atoms with E-state index in [2.05, 4.69) is 65.7 Å². The molecule has 4 heteroatoms. The van der Waals surface area contributed by atoms with Gasteiger partial charge >= 0.3 is 0 Å². The summed E-state index contributed by atoms with van der Waals surface area (Å²) >= 11 is 0. The lowest BCUT2D eigenvalue weighted by atomic mass is 10.0. The molecule has 3 aromatic carbocycles. The number of benzene rings is 3. The van der Waals surface area contributed by atoms with Crippen LogP contribution in [0.3, 0.4) is 0 Å². The molecule has 0 unspecified atom stereocenters. The number of amides is 1. The van der Waals surface area contributed by atoms with Crippen molar-refractivity contribution in [3.63, 3.8) is 0 Å². The topological polar surface area (TPSA) is 49.0 Å². The van der Waals surface area contributed by atoms with Gasteiger partial charge in [-0.1, -0.05) is 61.5 Å². The van der Waals surface area contributed by atoms with E-state index < -0.39 is 0 Å². The molecule has 1 aliphatic carbocycles. The fourth-order valence-electron chi connectivity index (χ4n) is 4.19. The summed E-state index contributed by atoms with van der Waals surface area (Å²) in [4.78, 5) is 15.0. The van der Waals surface area contributed by atoms with Gasteiger partial charge in [-0.15, -0.1) is 0 Å². The van der Waals surface area contributed by atoms with Gasteiger partial charge in [0.2, 0.25) is 0 Å². The first-order valence-electron chi connectivity index (χ1n) is 11.2. The summed E-state index contributed by atoms with van der Waals surface area (Å²) in [7, 11) is 0. The molecule has 0 saturated heterocycles. The van der Waals surface area contributed by atoms with Gasteiger partial charge in [-0.25, -0.2) is 0 Å². The number of carbonyl (C=O) groups is 1. The first-order valence-corrected chi connectivity index (χ1v) is 11.2. The number of aromatic nitrogens is 2. The molecule has 0 aliphatic heterocycles. The number of aromatic amines is 1. The predicted octanol–water partition coefficient (Wildman–Crippen LogP) is 6.16. The van der Waals surface area contributed by atoms with Gasteiger partial charge in [0.05, 0.1) is 11.4 Å². The average Bonchev–Trinajstić information content (AvgIpc) is 3.50. The van der Waals surface area contributed by atoms with E-state index in [1.54, 1.807) is 0 Å². The third kappa shape index (κ3) is 4.11. The Kier molecular flexibility index (Phi) is 5.29. The molecule has 5 rings (SSSR count). The van der Waals surface area contributed by atoms with Crippen molar-refractivity contribution in [1.82, 2.24) is 15.1 Å². The number of carbonyl (C=O) groups excluding carboxylic acids is 1. The van der Waals surface area contributed by atoms with E-state index in [0.29, 0.717) is 5.92 Å². The van der Waals surface area contributed by atoms with Crippen molar-refractivity contribution in [3.8, 4) is 22.5 Å². The standard InChI is InChI=1S/C27H27N3O/c1-2-16-30(18-19-10-11-19)27(31)22-14-12-21(13-15-22)25-17-26(29-28-25)24-9-5-7-20-6-3-4-8-23(20)24/h3-9,12-15,17,19H,2,10-11,16,18H2,1H3,(H,28,29). The number of hydrogen-bond donors (Lipinski definition) is 1. The highest BCUT2D eigenvalue weighted by atomic mass is 16.2. The van der Waals surface area contributed by atoms with Crippen molar-refractivity contribution in [2.45, 2.75) is 26.2 Å². The van der Waals surface area contributed by atoms with Crippen LogP contribution in [-0.2, 0) is 0 Å². The first-order chi connectivity index (χ1) is 15.2. The zero-order valence-electron chi connectivity index (χ0n) is 17.8. The van der Waals surface area contributed by atoms with Gasteiger partial charge in [0.15, 0.2) is 0 Å². The van der Waals surface area contributed by atoms with E-state index >= 15 is 0 Å². The van der Waals surface area contributed by atoms with Gasteiger partial charge in [-0.2, -0.15) is 5.10 Å². The number of rotatable bonds is 7. The number of nitrogens with zero attached hydrogens (tertiary/aromatic N) is 2. The van der Waals surface area contributed by atoms with E-state index in [9.17, 15) is 4.79 Å². The first kappa shape index (κ1) is 19.6. The molecule has 4 nitrogen and oxygen atoms in total. The highest BCUT2D eigenvalue weighted by molar-refractivity contribution is 5.96. The third-order valence-corrected chi connectivity index (χ3v) is 6.04. The van der Waals surface area contributed by atoms with Crippen molar-refractivity contribution < 1.29 is 4.79 Å². The summed E-state index contributed by atoms with van der Waals surface area (Å²) in [6, 6.07) is 24.6. The molecule has 31 heavy (non-hydrogen) atoms. The molecule has 0 atom stereocenters. The summed E-state index contributed by atoms with van der Waals surface area (Å²) < 4.78 is 0. The van der Waals surface area contributed by atoms with Crippen molar-refractivity contribution in [2.75, 3.05) is 13.1 Å². The Labute approximate surface area is 182 Å². The summed E-state index contributed by atoms with van der Waals surface area (Å²) in [6.45, 7) is 3.84. The zero-order chi connectivity index (χ0) is 21.2. The lowest BCUT2D eigenvalue weighted by molar-refractivity contribution is 0.0747. The van der Waals surface area contributed by atoms with Gasteiger partial charge in [-0.3, -0.25) is 9.89 Å². The van der Waals surface area contributed by atoms with Crippen LogP contribution in [0, 0.1) is 5.92 Å². The highest BCUT2D eigenvalue weighted by Gasteiger charge is 2.26. The van der Waals surface area contributed by atoms with Crippen molar-refractivity contribution in [1.29, 1.82) is 0 Å². The Morgan fingerprint density at radius 1 is 1.03 bits per heavy atom. The van der Waals surface area contributed by atoms with Crippen molar-refractivity contribution in [3.05, 3.63) is 78.4 Å². The minimum atomic E-state index is 0.138. The Morgan fingerprint density at radius 2 is 1.81 bits per heavy atom.